The Kier molecular flexibility index (Phi) is 5.72. The van der Waals surface area contributed by atoms with Gasteiger partial charge in [-0.25, -0.2) is 0 Å². The average Bonchev–Trinajstić information content (AvgIpc) is 2.87. The van der Waals surface area contributed by atoms with Crippen molar-refractivity contribution in [3.05, 3.63) is 33.8 Å². The molecule has 1 saturated heterocycles. The topological polar surface area (TPSA) is 60.8 Å². The SMILES string of the molecule is CCCC1(CO)CCN(C(C(=O)O)c2ccc(Cl)c(Cl)c2)C1. The highest BCUT2D eigenvalue weighted by atomic mass is 35.5. The molecular formula is C16H21Cl2NO3. The normalized spacial score (nSPS) is 23.6. The van der Waals surface area contributed by atoms with E-state index < -0.39 is 12.0 Å². The van der Waals surface area contributed by atoms with Crippen molar-refractivity contribution in [3.8, 4) is 0 Å². The fraction of sp³-hybridized carbons (Fsp3) is 0.562. The van der Waals surface area contributed by atoms with Crippen LogP contribution < -0.4 is 0 Å². The summed E-state index contributed by atoms with van der Waals surface area (Å²) in [5.74, 6) is -0.913. The van der Waals surface area contributed by atoms with Gasteiger partial charge in [0.15, 0.2) is 0 Å². The van der Waals surface area contributed by atoms with Crippen molar-refractivity contribution in [3.63, 3.8) is 0 Å². The molecule has 1 aromatic carbocycles. The molecule has 0 aliphatic carbocycles. The first-order valence-corrected chi connectivity index (χ1v) is 8.21. The zero-order chi connectivity index (χ0) is 16.3. The first kappa shape index (κ1) is 17.5. The van der Waals surface area contributed by atoms with Crippen LogP contribution in [-0.4, -0.2) is 40.8 Å². The van der Waals surface area contributed by atoms with E-state index in [1.54, 1.807) is 18.2 Å². The lowest BCUT2D eigenvalue weighted by Gasteiger charge is -2.29. The number of aliphatic hydroxyl groups is 1. The Balaban J connectivity index is 2.26. The van der Waals surface area contributed by atoms with Gasteiger partial charge in [0.2, 0.25) is 0 Å². The number of halogens is 2. The fourth-order valence-electron chi connectivity index (χ4n) is 3.32. The maximum absolute atomic E-state index is 11.8. The summed E-state index contributed by atoms with van der Waals surface area (Å²) in [7, 11) is 0. The quantitative estimate of drug-likeness (QED) is 0.826. The van der Waals surface area contributed by atoms with Gasteiger partial charge in [-0.2, -0.15) is 0 Å². The minimum Gasteiger partial charge on any atom is -0.480 e. The van der Waals surface area contributed by atoms with Crippen LogP contribution in [0.15, 0.2) is 18.2 Å². The molecule has 2 N–H and O–H groups in total. The molecule has 122 valence electrons. The van der Waals surface area contributed by atoms with Crippen LogP contribution in [0.3, 0.4) is 0 Å². The van der Waals surface area contributed by atoms with E-state index in [1.807, 2.05) is 4.90 Å². The lowest BCUT2D eigenvalue weighted by atomic mass is 9.83. The Morgan fingerprint density at radius 2 is 2.14 bits per heavy atom. The summed E-state index contributed by atoms with van der Waals surface area (Å²) in [5, 5.41) is 20.1. The molecule has 0 amide bonds. The minimum atomic E-state index is -0.913. The number of aliphatic hydroxyl groups excluding tert-OH is 1. The van der Waals surface area contributed by atoms with Gasteiger partial charge in [0, 0.05) is 18.6 Å². The zero-order valence-corrected chi connectivity index (χ0v) is 14.1. The molecule has 0 saturated carbocycles. The van der Waals surface area contributed by atoms with Crippen LogP contribution in [0.2, 0.25) is 10.0 Å². The Labute approximate surface area is 140 Å². The third-order valence-electron chi connectivity index (χ3n) is 4.44. The van der Waals surface area contributed by atoms with E-state index in [0.717, 1.165) is 19.3 Å². The summed E-state index contributed by atoms with van der Waals surface area (Å²) in [5.41, 5.74) is 0.422. The molecule has 22 heavy (non-hydrogen) atoms. The smallest absolute Gasteiger partial charge is 0.325 e. The molecule has 6 heteroatoms. The predicted molar refractivity (Wildman–Crippen MR) is 87.5 cm³/mol. The van der Waals surface area contributed by atoms with Crippen molar-refractivity contribution < 1.29 is 15.0 Å². The second-order valence-corrected chi connectivity index (χ2v) is 6.86. The molecule has 1 aliphatic heterocycles. The van der Waals surface area contributed by atoms with Crippen molar-refractivity contribution in [2.45, 2.75) is 32.2 Å². The monoisotopic (exact) mass is 345 g/mol. The highest BCUT2D eigenvalue weighted by Crippen LogP contribution is 2.39. The minimum absolute atomic E-state index is 0.0883. The highest BCUT2D eigenvalue weighted by Gasteiger charge is 2.41. The number of nitrogens with zero attached hydrogens (tertiary/aromatic N) is 1. The van der Waals surface area contributed by atoms with Crippen LogP contribution in [0, 0.1) is 5.41 Å². The lowest BCUT2D eigenvalue weighted by molar-refractivity contribution is -0.143. The number of aliphatic carboxylic acids is 1. The second kappa shape index (κ2) is 7.18. The van der Waals surface area contributed by atoms with E-state index in [9.17, 15) is 15.0 Å². The van der Waals surface area contributed by atoms with Crippen LogP contribution in [0.4, 0.5) is 0 Å². The maximum Gasteiger partial charge on any atom is 0.325 e. The number of carboxylic acids is 1. The van der Waals surface area contributed by atoms with Crippen LogP contribution >= 0.6 is 23.2 Å². The molecule has 4 nitrogen and oxygen atoms in total. The van der Waals surface area contributed by atoms with Gasteiger partial charge in [-0.3, -0.25) is 9.69 Å². The van der Waals surface area contributed by atoms with E-state index in [4.69, 9.17) is 23.2 Å². The molecular weight excluding hydrogens is 325 g/mol. The third-order valence-corrected chi connectivity index (χ3v) is 5.18. The molecule has 2 unspecified atom stereocenters. The van der Waals surface area contributed by atoms with Gasteiger partial charge in [0.05, 0.1) is 10.0 Å². The van der Waals surface area contributed by atoms with Crippen molar-refractivity contribution in [2.24, 2.45) is 5.41 Å². The van der Waals surface area contributed by atoms with Crippen molar-refractivity contribution in [1.82, 2.24) is 4.90 Å². The van der Waals surface area contributed by atoms with Gasteiger partial charge < -0.3 is 10.2 Å². The molecule has 0 radical (unpaired) electrons. The van der Waals surface area contributed by atoms with E-state index in [0.29, 0.717) is 28.7 Å². The van der Waals surface area contributed by atoms with Gasteiger partial charge in [-0.05, 0) is 37.1 Å². The maximum atomic E-state index is 11.8. The summed E-state index contributed by atoms with van der Waals surface area (Å²) in [6.07, 6.45) is 2.68. The number of rotatable bonds is 6. The van der Waals surface area contributed by atoms with Crippen molar-refractivity contribution in [2.75, 3.05) is 19.7 Å². The van der Waals surface area contributed by atoms with E-state index in [1.165, 1.54) is 0 Å². The van der Waals surface area contributed by atoms with Gasteiger partial charge in [0.1, 0.15) is 6.04 Å². The van der Waals surface area contributed by atoms with Gasteiger partial charge in [0.25, 0.3) is 0 Å². The number of carboxylic acid groups (broad SMARTS) is 1. The number of likely N-dealkylation sites (tertiary alicyclic amines) is 1. The summed E-state index contributed by atoms with van der Waals surface area (Å²) in [4.78, 5) is 13.7. The van der Waals surface area contributed by atoms with Crippen molar-refractivity contribution in [1.29, 1.82) is 0 Å². The van der Waals surface area contributed by atoms with E-state index in [-0.39, 0.29) is 12.0 Å². The standard InChI is InChI=1S/C16H21Cl2NO3/c1-2-5-16(10-20)6-7-19(9-16)14(15(21)22)11-3-4-12(17)13(18)8-11/h3-4,8,14,20H,2,5-7,9-10H2,1H3,(H,21,22). The van der Waals surface area contributed by atoms with E-state index >= 15 is 0 Å². The van der Waals surface area contributed by atoms with Gasteiger partial charge in [-0.15, -0.1) is 0 Å². The molecule has 2 atom stereocenters. The Bertz CT molecular complexity index is 552. The summed E-state index contributed by atoms with van der Waals surface area (Å²) >= 11 is 11.9. The number of benzene rings is 1. The Hall–Kier alpha value is -0.810. The zero-order valence-electron chi connectivity index (χ0n) is 12.6. The molecule has 2 rings (SSSR count). The molecule has 1 aliphatic rings. The highest BCUT2D eigenvalue weighted by molar-refractivity contribution is 6.42. The average molecular weight is 346 g/mol. The van der Waals surface area contributed by atoms with Gasteiger partial charge >= 0.3 is 5.97 Å². The third kappa shape index (κ3) is 3.57. The van der Waals surface area contributed by atoms with Crippen LogP contribution in [0.25, 0.3) is 0 Å². The summed E-state index contributed by atoms with van der Waals surface area (Å²) in [6.45, 7) is 3.39. The van der Waals surface area contributed by atoms with Crippen molar-refractivity contribution >= 4 is 29.2 Å². The molecule has 1 fully saturated rings. The predicted octanol–water partition coefficient (Wildman–Crippen LogP) is 3.60. The van der Waals surface area contributed by atoms with Crippen LogP contribution in [0.1, 0.15) is 37.8 Å². The summed E-state index contributed by atoms with van der Waals surface area (Å²) < 4.78 is 0. The van der Waals surface area contributed by atoms with E-state index in [2.05, 4.69) is 6.92 Å². The fourth-order valence-corrected chi connectivity index (χ4v) is 3.63. The number of hydrogen-bond donors (Lipinski definition) is 2. The summed E-state index contributed by atoms with van der Waals surface area (Å²) in [6, 6.07) is 4.17. The molecule has 0 aromatic heterocycles. The first-order chi connectivity index (χ1) is 10.4. The molecule has 0 bridgehead atoms. The number of carbonyl (C=O) groups is 1. The van der Waals surface area contributed by atoms with Gasteiger partial charge in [-0.1, -0.05) is 42.6 Å². The number of hydrogen-bond acceptors (Lipinski definition) is 3. The molecule has 1 heterocycles. The van der Waals surface area contributed by atoms with Crippen LogP contribution in [-0.2, 0) is 4.79 Å². The molecule has 1 aromatic rings. The Morgan fingerprint density at radius 1 is 1.41 bits per heavy atom. The second-order valence-electron chi connectivity index (χ2n) is 6.04. The largest absolute Gasteiger partial charge is 0.480 e. The first-order valence-electron chi connectivity index (χ1n) is 7.45. The molecule has 0 spiro atoms. The van der Waals surface area contributed by atoms with Crippen LogP contribution in [0.5, 0.6) is 0 Å². The lowest BCUT2D eigenvalue weighted by Crippen LogP contribution is -2.36. The Morgan fingerprint density at radius 3 is 2.68 bits per heavy atom.